The predicted molar refractivity (Wildman–Crippen MR) is 139 cm³/mol. The number of anilines is 2. The summed E-state index contributed by atoms with van der Waals surface area (Å²) in [6.45, 7) is 1.51. The molecule has 0 unspecified atom stereocenters. The molecule has 2 aromatic heterocycles. The summed E-state index contributed by atoms with van der Waals surface area (Å²) < 4.78 is 0. The van der Waals surface area contributed by atoms with Crippen molar-refractivity contribution in [2.75, 3.05) is 24.1 Å². The van der Waals surface area contributed by atoms with E-state index in [1.54, 1.807) is 0 Å². The average Bonchev–Trinajstić information content (AvgIpc) is 2.82. The van der Waals surface area contributed by atoms with Crippen molar-refractivity contribution in [3.63, 3.8) is 0 Å². The van der Waals surface area contributed by atoms with Gasteiger partial charge in [0.1, 0.15) is 12.7 Å². The van der Waals surface area contributed by atoms with Crippen molar-refractivity contribution in [2.45, 2.75) is 12.8 Å². The fourth-order valence-corrected chi connectivity index (χ4v) is 2.72. The number of benzene rings is 2. The monoisotopic (exact) mass is 521 g/mol. The number of rotatable bonds is 6. The molecule has 2 aromatic carbocycles. The van der Waals surface area contributed by atoms with Gasteiger partial charge in [-0.2, -0.15) is 9.97 Å². The third-order valence-electron chi connectivity index (χ3n) is 3.92. The highest BCUT2D eigenvalue weighted by Gasteiger charge is 1.97. The zero-order chi connectivity index (χ0) is 23.7. The number of nitrogens with zero attached hydrogens (tertiary/aromatic N) is 6. The summed E-state index contributed by atoms with van der Waals surface area (Å²) in [6.07, 6.45) is 4.55. The number of nitrogens with two attached hydrogens (primary N) is 2. The topological polar surface area (TPSA) is 141 Å². The van der Waals surface area contributed by atoms with Gasteiger partial charge in [0.2, 0.25) is 22.5 Å². The third kappa shape index (κ3) is 12.8. The van der Waals surface area contributed by atoms with Gasteiger partial charge in [0.25, 0.3) is 0 Å². The summed E-state index contributed by atoms with van der Waals surface area (Å²) in [5.41, 5.74) is 13.4. The number of halogens is 3. The van der Waals surface area contributed by atoms with Gasteiger partial charge in [-0.1, -0.05) is 60.7 Å². The van der Waals surface area contributed by atoms with Crippen LogP contribution >= 0.6 is 35.6 Å². The van der Waals surface area contributed by atoms with E-state index in [9.17, 15) is 0 Å². The van der Waals surface area contributed by atoms with Gasteiger partial charge >= 0.3 is 0 Å². The van der Waals surface area contributed by atoms with Crippen LogP contribution in [0, 0.1) is 0 Å². The van der Waals surface area contributed by atoms with E-state index in [1.807, 2.05) is 36.4 Å². The van der Waals surface area contributed by atoms with Gasteiger partial charge in [-0.15, -0.1) is 12.4 Å². The molecular weight excluding hydrogens is 497 g/mol. The summed E-state index contributed by atoms with van der Waals surface area (Å²) in [5, 5.41) is 3.32. The zero-order valence-electron chi connectivity index (χ0n) is 18.3. The molecule has 180 valence electrons. The normalized spacial score (nSPS) is 9.38. The lowest BCUT2D eigenvalue weighted by Gasteiger charge is -2.04. The molecule has 0 radical (unpaired) electrons. The van der Waals surface area contributed by atoms with Gasteiger partial charge in [0, 0.05) is 6.54 Å². The van der Waals surface area contributed by atoms with E-state index in [0.29, 0.717) is 5.95 Å². The van der Waals surface area contributed by atoms with Crippen LogP contribution in [0.25, 0.3) is 0 Å². The largest absolute Gasteiger partial charge is 0.368 e. The smallest absolute Gasteiger partial charge is 0.227 e. The minimum atomic E-state index is 0. The van der Waals surface area contributed by atoms with E-state index in [-0.39, 0.29) is 28.9 Å². The summed E-state index contributed by atoms with van der Waals surface area (Å²) >= 11 is 10.6. The van der Waals surface area contributed by atoms with E-state index in [0.717, 1.165) is 25.9 Å². The maximum absolute atomic E-state index is 5.44. The van der Waals surface area contributed by atoms with Crippen LogP contribution in [0.2, 0.25) is 10.6 Å². The molecule has 0 fully saturated rings. The first-order valence-electron chi connectivity index (χ1n) is 10.0. The van der Waals surface area contributed by atoms with Crippen molar-refractivity contribution >= 4 is 47.5 Å². The molecule has 0 spiro atoms. The second-order valence-electron chi connectivity index (χ2n) is 6.38. The van der Waals surface area contributed by atoms with Crippen LogP contribution in [0.15, 0.2) is 73.3 Å². The Bertz CT molecular complexity index is 1040. The number of aromatic nitrogens is 6. The Kier molecular flexibility index (Phi) is 14.8. The Balaban J connectivity index is 0.000000274. The van der Waals surface area contributed by atoms with Crippen molar-refractivity contribution in [1.29, 1.82) is 0 Å². The molecule has 0 saturated carbocycles. The molecule has 0 amide bonds. The van der Waals surface area contributed by atoms with Crippen LogP contribution in [0.3, 0.4) is 0 Å². The SMILES string of the molecule is Cl.Clc1ncnc(Cl)n1.NCCc1ccccc1.Nc1ncnc(NCCc2ccccc2)n1. The van der Waals surface area contributed by atoms with E-state index in [2.05, 4.69) is 59.5 Å². The minimum absolute atomic E-state index is 0. The van der Waals surface area contributed by atoms with Crippen LogP contribution in [-0.2, 0) is 12.8 Å². The van der Waals surface area contributed by atoms with Crippen LogP contribution in [0.4, 0.5) is 11.9 Å². The molecule has 9 nitrogen and oxygen atoms in total. The predicted octanol–water partition coefficient (Wildman–Crippen LogP) is 3.90. The first-order chi connectivity index (χ1) is 16.1. The standard InChI is InChI=1S/C11H13N5.C8H11N.C3HCl2N3.ClH/c12-10-14-8-15-11(16-10)13-7-6-9-4-2-1-3-5-9;9-7-6-8-4-2-1-3-5-8;4-2-6-1-7-3(5)8-2;/h1-5,8H,6-7H2,(H3,12,13,14,15,16);1-5H,6-7,9H2;1H;1H. The van der Waals surface area contributed by atoms with Gasteiger partial charge < -0.3 is 16.8 Å². The lowest BCUT2D eigenvalue weighted by atomic mass is 10.1. The number of hydrogen-bond acceptors (Lipinski definition) is 9. The molecule has 4 aromatic rings. The number of nitrogens with one attached hydrogen (secondary N) is 1. The lowest BCUT2D eigenvalue weighted by molar-refractivity contribution is 0.967. The Morgan fingerprint density at radius 3 is 1.71 bits per heavy atom. The molecule has 4 rings (SSSR count). The van der Waals surface area contributed by atoms with Crippen molar-refractivity contribution in [1.82, 2.24) is 29.9 Å². The van der Waals surface area contributed by atoms with Gasteiger partial charge in [-0.25, -0.2) is 19.9 Å². The molecule has 0 atom stereocenters. The number of nitrogen functional groups attached to an aromatic ring is 1. The van der Waals surface area contributed by atoms with Crippen LogP contribution < -0.4 is 16.8 Å². The maximum atomic E-state index is 5.44. The minimum Gasteiger partial charge on any atom is -0.368 e. The van der Waals surface area contributed by atoms with Crippen LogP contribution in [0.5, 0.6) is 0 Å². The summed E-state index contributed by atoms with van der Waals surface area (Å²) in [6, 6.07) is 20.5. The fraction of sp³-hybridized carbons (Fsp3) is 0.182. The molecule has 0 bridgehead atoms. The molecule has 0 aliphatic rings. The zero-order valence-corrected chi connectivity index (χ0v) is 20.6. The Labute approximate surface area is 214 Å². The van der Waals surface area contributed by atoms with Gasteiger partial charge in [-0.05, 0) is 53.7 Å². The summed E-state index contributed by atoms with van der Waals surface area (Å²) in [5.74, 6) is 0.751. The quantitative estimate of drug-likeness (QED) is 0.343. The summed E-state index contributed by atoms with van der Waals surface area (Å²) in [7, 11) is 0. The van der Waals surface area contributed by atoms with E-state index in [4.69, 9.17) is 34.7 Å². The molecule has 34 heavy (non-hydrogen) atoms. The second-order valence-corrected chi connectivity index (χ2v) is 7.05. The highest BCUT2D eigenvalue weighted by atomic mass is 35.5. The van der Waals surface area contributed by atoms with Crippen molar-refractivity contribution in [3.05, 3.63) is 95.0 Å². The highest BCUT2D eigenvalue weighted by Crippen LogP contribution is 2.02. The summed E-state index contributed by atoms with van der Waals surface area (Å²) in [4.78, 5) is 22.1. The van der Waals surface area contributed by atoms with Crippen molar-refractivity contribution in [3.8, 4) is 0 Å². The molecular formula is C22H26Cl3N9. The van der Waals surface area contributed by atoms with Crippen LogP contribution in [0.1, 0.15) is 11.1 Å². The first-order valence-corrected chi connectivity index (χ1v) is 10.8. The molecule has 12 heteroatoms. The molecule has 0 saturated heterocycles. The molecule has 0 aliphatic carbocycles. The lowest BCUT2D eigenvalue weighted by Crippen LogP contribution is -2.09. The Morgan fingerprint density at radius 1 is 0.706 bits per heavy atom. The molecule has 5 N–H and O–H groups in total. The molecule has 0 aliphatic heterocycles. The van der Waals surface area contributed by atoms with Gasteiger partial charge in [0.15, 0.2) is 0 Å². The van der Waals surface area contributed by atoms with Gasteiger partial charge in [0.05, 0.1) is 0 Å². The van der Waals surface area contributed by atoms with Gasteiger partial charge in [-0.3, -0.25) is 0 Å². The van der Waals surface area contributed by atoms with E-state index in [1.165, 1.54) is 23.8 Å². The Hall–Kier alpha value is -3.11. The second kappa shape index (κ2) is 17.4. The Morgan fingerprint density at radius 2 is 1.24 bits per heavy atom. The highest BCUT2D eigenvalue weighted by molar-refractivity contribution is 6.30. The van der Waals surface area contributed by atoms with E-state index < -0.39 is 0 Å². The molecule has 2 heterocycles. The van der Waals surface area contributed by atoms with Crippen molar-refractivity contribution in [2.24, 2.45) is 5.73 Å². The van der Waals surface area contributed by atoms with Crippen LogP contribution in [-0.4, -0.2) is 43.0 Å². The third-order valence-corrected chi connectivity index (χ3v) is 4.28. The maximum Gasteiger partial charge on any atom is 0.227 e. The number of hydrogen-bond donors (Lipinski definition) is 3. The fourth-order valence-electron chi connectivity index (χ4n) is 2.43. The first kappa shape index (κ1) is 28.9. The van der Waals surface area contributed by atoms with Crippen molar-refractivity contribution < 1.29 is 0 Å². The van der Waals surface area contributed by atoms with E-state index >= 15 is 0 Å². The average molecular weight is 523 g/mol.